The Bertz CT molecular complexity index is 1510. The molecule has 1 fully saturated rings. The minimum atomic E-state index is -4.69. The number of alkyl halides is 3. The molecule has 4 rings (SSSR count). The lowest BCUT2D eigenvalue weighted by molar-refractivity contribution is -0.147. The summed E-state index contributed by atoms with van der Waals surface area (Å²) in [6.07, 6.45) is -0.686. The molecular weight excluding hydrogens is 576 g/mol. The van der Waals surface area contributed by atoms with Crippen molar-refractivity contribution in [2.75, 3.05) is 13.2 Å². The summed E-state index contributed by atoms with van der Waals surface area (Å²) in [4.78, 5) is 35.9. The second-order valence-electron chi connectivity index (χ2n) is 10.3. The molecule has 0 aliphatic carbocycles. The van der Waals surface area contributed by atoms with Crippen LogP contribution >= 0.6 is 8.20 Å². The minimum absolute atomic E-state index is 0.0335. The number of fused-ring (bicyclic) bond motifs is 1. The zero-order valence-electron chi connectivity index (χ0n) is 23.6. The van der Waals surface area contributed by atoms with E-state index < -0.39 is 41.2 Å². The van der Waals surface area contributed by atoms with E-state index in [-0.39, 0.29) is 65.2 Å². The van der Waals surface area contributed by atoms with Crippen LogP contribution in [0.1, 0.15) is 68.3 Å². The molecule has 3 aromatic rings. The Kier molecular flexibility index (Phi) is 8.96. The van der Waals surface area contributed by atoms with Crippen LogP contribution in [0.3, 0.4) is 0 Å². The summed E-state index contributed by atoms with van der Waals surface area (Å²) in [5.41, 5.74) is 3.71. The number of ether oxygens (including phenoxy) is 2. The SMILES string of the molecule is C=P[C@H](N)c1oc(-c2ccc(OC(C)CC)c3nc(C(F)(F)F)ccc23)nc1C(=O)N1CC(C)(O)C[C@H]1C(=O)OCC. The summed E-state index contributed by atoms with van der Waals surface area (Å²) < 4.78 is 57.6. The third-order valence-corrected chi connectivity index (χ3v) is 7.53. The van der Waals surface area contributed by atoms with Gasteiger partial charge < -0.3 is 29.6 Å². The molecule has 1 aliphatic rings. The number of hydrogen-bond donors (Lipinski definition) is 2. The fourth-order valence-electron chi connectivity index (χ4n) is 4.68. The van der Waals surface area contributed by atoms with Gasteiger partial charge in [-0.3, -0.25) is 4.79 Å². The number of β-amino-alcohol motifs (C(OH)–C–C–N with tert-alkyl or cyclic N) is 1. The summed E-state index contributed by atoms with van der Waals surface area (Å²) in [5.74, 6) is -2.30. The number of halogens is 3. The molecular formula is C28H32F3N4O6P. The van der Waals surface area contributed by atoms with E-state index in [0.29, 0.717) is 14.6 Å². The lowest BCUT2D eigenvalue weighted by Crippen LogP contribution is -2.42. The second kappa shape index (κ2) is 12.0. The summed E-state index contributed by atoms with van der Waals surface area (Å²) in [6.45, 7) is 6.69. The van der Waals surface area contributed by atoms with Crippen molar-refractivity contribution in [3.8, 4) is 17.2 Å². The Hall–Kier alpha value is -3.54. The van der Waals surface area contributed by atoms with Crippen LogP contribution in [0, 0.1) is 0 Å². The maximum atomic E-state index is 13.8. The molecule has 226 valence electrons. The molecule has 1 amide bonds. The molecule has 3 heterocycles. The van der Waals surface area contributed by atoms with Crippen molar-refractivity contribution in [3.63, 3.8) is 0 Å². The quantitative estimate of drug-likeness (QED) is 0.255. The standard InChI is InChI=1S/C28H32F3N4O6P/c1-6-14(3)40-18-10-8-16(15-9-11-19(28(29,30)31)33-20(15)18)24-34-21(22(41-24)23(32)42-5)25(36)35-13-27(4,38)12-17(35)26(37)39-7-2/h8-11,14,17,23,38H,5-7,12-13,32H2,1-4H3/t14?,17-,23-,27?/m0/s1. The Morgan fingerprint density at radius 1 is 1.29 bits per heavy atom. The second-order valence-corrected chi connectivity index (χ2v) is 11.2. The van der Waals surface area contributed by atoms with Crippen LogP contribution in [0.15, 0.2) is 28.7 Å². The van der Waals surface area contributed by atoms with Crippen molar-refractivity contribution >= 4 is 37.3 Å². The van der Waals surface area contributed by atoms with E-state index in [4.69, 9.17) is 19.6 Å². The normalized spacial score (nSPS) is 20.6. The van der Waals surface area contributed by atoms with Gasteiger partial charge in [-0.25, -0.2) is 14.8 Å². The first-order valence-corrected chi connectivity index (χ1v) is 14.5. The third-order valence-electron chi connectivity index (χ3n) is 6.91. The van der Waals surface area contributed by atoms with Gasteiger partial charge in [0.05, 0.1) is 24.9 Å². The highest BCUT2D eigenvalue weighted by Crippen LogP contribution is 2.39. The van der Waals surface area contributed by atoms with E-state index >= 15 is 0 Å². The van der Waals surface area contributed by atoms with E-state index in [1.54, 1.807) is 19.9 Å². The molecule has 0 spiro atoms. The number of nitrogens with two attached hydrogens (primary N) is 1. The van der Waals surface area contributed by atoms with Crippen molar-refractivity contribution in [1.82, 2.24) is 14.9 Å². The van der Waals surface area contributed by atoms with Crippen LogP contribution in [0.4, 0.5) is 13.2 Å². The van der Waals surface area contributed by atoms with Crippen molar-refractivity contribution in [2.24, 2.45) is 5.73 Å². The highest BCUT2D eigenvalue weighted by Gasteiger charge is 2.47. The Labute approximate surface area is 241 Å². The zero-order chi connectivity index (χ0) is 31.0. The smallest absolute Gasteiger partial charge is 0.433 e. The average molecular weight is 609 g/mol. The predicted octanol–water partition coefficient (Wildman–Crippen LogP) is 4.95. The Morgan fingerprint density at radius 2 is 2.00 bits per heavy atom. The molecule has 0 bridgehead atoms. The first-order valence-electron chi connectivity index (χ1n) is 13.3. The van der Waals surface area contributed by atoms with Gasteiger partial charge in [-0.1, -0.05) is 21.4 Å². The van der Waals surface area contributed by atoms with E-state index in [2.05, 4.69) is 16.3 Å². The number of hydrogen-bond acceptors (Lipinski definition) is 9. The van der Waals surface area contributed by atoms with Crippen LogP contribution in [0.2, 0.25) is 0 Å². The molecule has 3 N–H and O–H groups in total. The number of carbonyl (C=O) groups is 2. The molecule has 1 aliphatic heterocycles. The van der Waals surface area contributed by atoms with Gasteiger partial charge in [0.1, 0.15) is 28.8 Å². The number of pyridine rings is 1. The molecule has 42 heavy (non-hydrogen) atoms. The maximum absolute atomic E-state index is 13.8. The number of likely N-dealkylation sites (tertiary alicyclic amines) is 1. The van der Waals surface area contributed by atoms with Gasteiger partial charge in [0.2, 0.25) is 5.89 Å². The third kappa shape index (κ3) is 6.28. The number of aromatic nitrogens is 2. The van der Waals surface area contributed by atoms with Crippen LogP contribution in [-0.2, 0) is 15.7 Å². The highest BCUT2D eigenvalue weighted by atomic mass is 31.1. The van der Waals surface area contributed by atoms with E-state index in [9.17, 15) is 27.9 Å². The fraction of sp³-hybridized carbons (Fsp3) is 0.464. The van der Waals surface area contributed by atoms with Gasteiger partial charge in [-0.15, -0.1) is 0 Å². The maximum Gasteiger partial charge on any atom is 0.433 e. The van der Waals surface area contributed by atoms with Gasteiger partial charge >= 0.3 is 12.1 Å². The van der Waals surface area contributed by atoms with Gasteiger partial charge in [0, 0.05) is 17.4 Å². The molecule has 2 unspecified atom stereocenters. The molecule has 0 saturated carbocycles. The van der Waals surface area contributed by atoms with Crippen LogP contribution in [-0.4, -0.2) is 69.0 Å². The van der Waals surface area contributed by atoms with Gasteiger partial charge in [-0.05, 0) is 51.5 Å². The van der Waals surface area contributed by atoms with Gasteiger partial charge in [0.25, 0.3) is 5.91 Å². The van der Waals surface area contributed by atoms with E-state index in [1.165, 1.54) is 19.1 Å². The first-order chi connectivity index (χ1) is 19.7. The lowest BCUT2D eigenvalue weighted by atomic mass is 10.0. The van der Waals surface area contributed by atoms with Crippen molar-refractivity contribution in [2.45, 2.75) is 70.2 Å². The number of rotatable bonds is 9. The zero-order valence-corrected chi connectivity index (χ0v) is 24.5. The van der Waals surface area contributed by atoms with Gasteiger partial charge in [-0.2, -0.15) is 13.2 Å². The highest BCUT2D eigenvalue weighted by molar-refractivity contribution is 7.36. The average Bonchev–Trinajstić information content (AvgIpc) is 3.52. The number of carbonyl (C=O) groups excluding carboxylic acids is 2. The summed E-state index contributed by atoms with van der Waals surface area (Å²) in [5, 5.41) is 10.9. The molecule has 1 aromatic carbocycles. The molecule has 4 atom stereocenters. The van der Waals surface area contributed by atoms with Crippen molar-refractivity contribution < 1.29 is 41.8 Å². The predicted molar refractivity (Wildman–Crippen MR) is 150 cm³/mol. The van der Waals surface area contributed by atoms with Crippen molar-refractivity contribution in [1.29, 1.82) is 0 Å². The monoisotopic (exact) mass is 608 g/mol. The van der Waals surface area contributed by atoms with Crippen molar-refractivity contribution in [3.05, 3.63) is 41.4 Å². The summed E-state index contributed by atoms with van der Waals surface area (Å²) >= 11 is 0. The Morgan fingerprint density at radius 3 is 2.62 bits per heavy atom. The molecule has 10 nitrogen and oxygen atoms in total. The number of benzene rings is 1. The number of aliphatic hydroxyl groups is 1. The number of oxazole rings is 1. The molecule has 0 radical (unpaired) electrons. The molecule has 2 aromatic heterocycles. The fourth-order valence-corrected chi connectivity index (χ4v) is 5.02. The first kappa shape index (κ1) is 31.4. The Balaban J connectivity index is 1.86. The minimum Gasteiger partial charge on any atom is -0.488 e. The number of amides is 1. The molecule has 14 heteroatoms. The van der Waals surface area contributed by atoms with E-state index in [0.717, 1.165) is 11.0 Å². The topological polar surface area (TPSA) is 141 Å². The van der Waals surface area contributed by atoms with Crippen LogP contribution in [0.25, 0.3) is 22.4 Å². The summed E-state index contributed by atoms with van der Waals surface area (Å²) in [7, 11) is 0.385. The number of esters is 1. The number of nitrogens with zero attached hydrogens (tertiary/aromatic N) is 3. The van der Waals surface area contributed by atoms with Crippen LogP contribution < -0.4 is 10.5 Å². The lowest BCUT2D eigenvalue weighted by Gasteiger charge is -2.22. The van der Waals surface area contributed by atoms with Gasteiger partial charge in [0.15, 0.2) is 11.5 Å². The summed E-state index contributed by atoms with van der Waals surface area (Å²) in [6, 6.07) is 4.02. The van der Waals surface area contributed by atoms with Crippen LogP contribution in [0.5, 0.6) is 5.75 Å². The van der Waals surface area contributed by atoms with E-state index in [1.807, 2.05) is 6.92 Å². The largest absolute Gasteiger partial charge is 0.488 e. The molecule has 1 saturated heterocycles.